The highest BCUT2D eigenvalue weighted by Crippen LogP contribution is 2.34. The molecule has 0 N–H and O–H groups in total. The summed E-state index contributed by atoms with van der Waals surface area (Å²) in [6.07, 6.45) is 4.41. The zero-order chi connectivity index (χ0) is 7.68. The smallest absolute Gasteiger partial charge is 0.141 e. The fourth-order valence-corrected chi connectivity index (χ4v) is 1.67. The van der Waals surface area contributed by atoms with Crippen molar-refractivity contribution in [1.82, 2.24) is 0 Å². The Hall–Kier alpha value is -0.370. The lowest BCUT2D eigenvalue weighted by Gasteiger charge is -2.20. The quantitative estimate of drug-likeness (QED) is 0.600. The number of ketones is 1. The van der Waals surface area contributed by atoms with Gasteiger partial charge in [-0.25, -0.2) is 0 Å². The third-order valence-electron chi connectivity index (χ3n) is 2.54. The van der Waals surface area contributed by atoms with E-state index in [1.807, 2.05) is 0 Å². The first-order valence-corrected chi connectivity index (χ1v) is 4.49. The summed E-state index contributed by atoms with van der Waals surface area (Å²) in [6, 6.07) is 0. The first kappa shape index (κ1) is 7.29. The van der Waals surface area contributed by atoms with Crippen molar-refractivity contribution in [2.45, 2.75) is 25.7 Å². The van der Waals surface area contributed by atoms with Gasteiger partial charge in [0.1, 0.15) is 5.78 Å². The zero-order valence-corrected chi connectivity index (χ0v) is 6.71. The Balaban J connectivity index is 1.86. The van der Waals surface area contributed by atoms with Crippen molar-refractivity contribution in [3.8, 4) is 0 Å². The molecule has 1 aliphatic carbocycles. The van der Waals surface area contributed by atoms with Gasteiger partial charge < -0.3 is 4.74 Å². The van der Waals surface area contributed by atoms with Crippen LogP contribution in [0.15, 0.2) is 0 Å². The molecular weight excluding hydrogens is 140 g/mol. The maximum Gasteiger partial charge on any atom is 0.141 e. The second kappa shape index (κ2) is 2.94. The molecule has 2 aliphatic rings. The molecule has 0 bridgehead atoms. The van der Waals surface area contributed by atoms with Crippen LogP contribution in [0.3, 0.4) is 0 Å². The van der Waals surface area contributed by atoms with Gasteiger partial charge in [0.05, 0.1) is 6.61 Å². The molecule has 1 saturated heterocycles. The maximum absolute atomic E-state index is 11.5. The molecule has 0 spiro atoms. The van der Waals surface area contributed by atoms with E-state index in [2.05, 4.69) is 0 Å². The van der Waals surface area contributed by atoms with Gasteiger partial charge >= 0.3 is 0 Å². The van der Waals surface area contributed by atoms with Crippen molar-refractivity contribution < 1.29 is 9.53 Å². The summed E-state index contributed by atoms with van der Waals surface area (Å²) in [5.74, 6) is 1.14. The first-order valence-electron chi connectivity index (χ1n) is 4.49. The molecule has 0 amide bonds. The van der Waals surface area contributed by atoms with Gasteiger partial charge in [0.2, 0.25) is 0 Å². The molecule has 2 heteroatoms. The number of rotatable bonds is 2. The highest BCUT2D eigenvalue weighted by atomic mass is 16.5. The summed E-state index contributed by atoms with van der Waals surface area (Å²) in [5, 5.41) is 0. The van der Waals surface area contributed by atoms with Gasteiger partial charge in [0.25, 0.3) is 0 Å². The predicted octanol–water partition coefficient (Wildman–Crippen LogP) is 1.39. The Morgan fingerprint density at radius 2 is 2.00 bits per heavy atom. The van der Waals surface area contributed by atoms with Gasteiger partial charge in [-0.2, -0.15) is 0 Å². The Morgan fingerprint density at radius 3 is 2.55 bits per heavy atom. The van der Waals surface area contributed by atoms with Crippen LogP contribution >= 0.6 is 0 Å². The second-order valence-corrected chi connectivity index (χ2v) is 3.59. The molecule has 1 aliphatic heterocycles. The van der Waals surface area contributed by atoms with E-state index < -0.39 is 0 Å². The molecule has 1 heterocycles. The van der Waals surface area contributed by atoms with E-state index in [-0.39, 0.29) is 5.92 Å². The summed E-state index contributed by atoms with van der Waals surface area (Å²) >= 11 is 0. The van der Waals surface area contributed by atoms with Gasteiger partial charge in [-0.05, 0) is 25.7 Å². The van der Waals surface area contributed by atoms with Crippen LogP contribution in [0, 0.1) is 11.8 Å². The first-order chi connectivity index (χ1) is 5.38. The van der Waals surface area contributed by atoms with Crippen LogP contribution in [0.1, 0.15) is 25.7 Å². The van der Waals surface area contributed by atoms with E-state index >= 15 is 0 Å². The third kappa shape index (κ3) is 1.62. The molecule has 11 heavy (non-hydrogen) atoms. The molecule has 1 unspecified atom stereocenters. The second-order valence-electron chi connectivity index (χ2n) is 3.59. The highest BCUT2D eigenvalue weighted by Gasteiger charge is 2.35. The monoisotopic (exact) mass is 154 g/mol. The Kier molecular flexibility index (Phi) is 1.95. The number of ether oxygens (including phenoxy) is 1. The standard InChI is InChI=1S/C9H14O2/c10-9(7-3-4-7)8-2-1-5-11-6-8/h7-8H,1-6H2. The average molecular weight is 154 g/mol. The molecule has 0 aromatic carbocycles. The maximum atomic E-state index is 11.5. The van der Waals surface area contributed by atoms with Crippen molar-refractivity contribution in [2.24, 2.45) is 11.8 Å². The van der Waals surface area contributed by atoms with E-state index in [9.17, 15) is 4.79 Å². The Labute approximate surface area is 66.9 Å². The van der Waals surface area contributed by atoms with E-state index in [4.69, 9.17) is 4.74 Å². The molecule has 62 valence electrons. The molecule has 0 aromatic heterocycles. The van der Waals surface area contributed by atoms with Gasteiger partial charge in [-0.1, -0.05) is 0 Å². The van der Waals surface area contributed by atoms with Gasteiger partial charge in [0.15, 0.2) is 0 Å². The molecular formula is C9H14O2. The van der Waals surface area contributed by atoms with Crippen LogP contribution in [-0.2, 0) is 9.53 Å². The summed E-state index contributed by atoms with van der Waals surface area (Å²) in [6.45, 7) is 1.55. The minimum absolute atomic E-state index is 0.247. The van der Waals surface area contributed by atoms with Crippen LogP contribution < -0.4 is 0 Å². The summed E-state index contributed by atoms with van der Waals surface area (Å²) < 4.78 is 5.26. The fraction of sp³-hybridized carbons (Fsp3) is 0.889. The lowest BCUT2D eigenvalue weighted by atomic mass is 9.95. The lowest BCUT2D eigenvalue weighted by Crippen LogP contribution is -2.26. The van der Waals surface area contributed by atoms with Gasteiger partial charge in [-0.3, -0.25) is 4.79 Å². The van der Waals surface area contributed by atoms with Crippen molar-refractivity contribution in [3.63, 3.8) is 0 Å². The number of hydrogen-bond donors (Lipinski definition) is 0. The van der Waals surface area contributed by atoms with Crippen LogP contribution in [0.25, 0.3) is 0 Å². The molecule has 2 nitrogen and oxygen atoms in total. The van der Waals surface area contributed by atoms with Crippen LogP contribution in [0.2, 0.25) is 0 Å². The van der Waals surface area contributed by atoms with Crippen molar-refractivity contribution >= 4 is 5.78 Å². The molecule has 2 rings (SSSR count). The summed E-state index contributed by atoms with van der Waals surface area (Å²) in [4.78, 5) is 11.5. The number of carbonyl (C=O) groups excluding carboxylic acids is 1. The normalized spacial score (nSPS) is 31.8. The summed E-state index contributed by atoms with van der Waals surface area (Å²) in [7, 11) is 0. The molecule has 1 atom stereocenters. The minimum Gasteiger partial charge on any atom is -0.381 e. The fourth-order valence-electron chi connectivity index (χ4n) is 1.67. The highest BCUT2D eigenvalue weighted by molar-refractivity contribution is 5.85. The van der Waals surface area contributed by atoms with Crippen molar-refractivity contribution in [1.29, 1.82) is 0 Å². The van der Waals surface area contributed by atoms with E-state index in [1.54, 1.807) is 0 Å². The largest absolute Gasteiger partial charge is 0.381 e. The molecule has 0 aromatic rings. The number of Topliss-reactive ketones (excluding diaryl/α,β-unsaturated/α-hetero) is 1. The Bertz CT molecular complexity index is 155. The van der Waals surface area contributed by atoms with Crippen molar-refractivity contribution in [3.05, 3.63) is 0 Å². The number of hydrogen-bond acceptors (Lipinski definition) is 2. The van der Waals surface area contributed by atoms with Crippen molar-refractivity contribution in [2.75, 3.05) is 13.2 Å². The molecule has 1 saturated carbocycles. The lowest BCUT2D eigenvalue weighted by molar-refractivity contribution is -0.128. The topological polar surface area (TPSA) is 26.3 Å². The molecule has 0 radical (unpaired) electrons. The summed E-state index contributed by atoms with van der Waals surface area (Å²) in [5.41, 5.74) is 0. The number of carbonyl (C=O) groups is 1. The van der Waals surface area contributed by atoms with E-state index in [1.165, 1.54) is 0 Å². The van der Waals surface area contributed by atoms with E-state index in [0.717, 1.165) is 32.3 Å². The van der Waals surface area contributed by atoms with Crippen LogP contribution in [0.4, 0.5) is 0 Å². The third-order valence-corrected chi connectivity index (χ3v) is 2.54. The Morgan fingerprint density at radius 1 is 1.18 bits per heavy atom. The average Bonchev–Trinajstić information content (AvgIpc) is 2.87. The molecule has 2 fully saturated rings. The van der Waals surface area contributed by atoms with Gasteiger partial charge in [-0.15, -0.1) is 0 Å². The van der Waals surface area contributed by atoms with Crippen LogP contribution in [0.5, 0.6) is 0 Å². The van der Waals surface area contributed by atoms with E-state index in [0.29, 0.717) is 18.3 Å². The van der Waals surface area contributed by atoms with Gasteiger partial charge in [0, 0.05) is 18.4 Å². The minimum atomic E-state index is 0.247. The van der Waals surface area contributed by atoms with Crippen LogP contribution in [-0.4, -0.2) is 19.0 Å². The zero-order valence-electron chi connectivity index (χ0n) is 6.71. The SMILES string of the molecule is O=C(C1CC1)C1CCCOC1. The predicted molar refractivity (Wildman–Crippen MR) is 41.3 cm³/mol.